The molecule has 0 saturated carbocycles. The molecule has 0 aliphatic carbocycles. The molecule has 0 spiro atoms. The molecular formula is C8H8N2O2. The second-order valence-electron chi connectivity index (χ2n) is 2.58. The Kier molecular flexibility index (Phi) is 1.66. The lowest BCUT2D eigenvalue weighted by atomic mass is 10.1. The van der Waals surface area contributed by atoms with E-state index < -0.39 is 0 Å². The Hall–Kier alpha value is -1.58. The molecule has 2 rings (SSSR count). The van der Waals surface area contributed by atoms with Crippen LogP contribution in [0.4, 0.5) is 0 Å². The van der Waals surface area contributed by atoms with Crippen molar-refractivity contribution in [2.24, 2.45) is 0 Å². The van der Waals surface area contributed by atoms with Crippen LogP contribution in [0.25, 0.3) is 0 Å². The number of H-pyrrole nitrogens is 1. The maximum absolute atomic E-state index is 10.6. The van der Waals surface area contributed by atoms with Gasteiger partial charge in [-0.25, -0.2) is 9.78 Å². The smallest absolute Gasteiger partial charge is 0.344 e. The first-order chi connectivity index (χ1) is 5.86. The maximum Gasteiger partial charge on any atom is 0.344 e. The number of nitrogens with one attached hydrogen (secondary N) is 1. The third-order valence-electron chi connectivity index (χ3n) is 1.75. The van der Waals surface area contributed by atoms with Crippen molar-refractivity contribution in [1.29, 1.82) is 0 Å². The molecule has 0 amide bonds. The Morgan fingerprint density at radius 2 is 2.58 bits per heavy atom. The molecule has 4 nitrogen and oxygen atoms in total. The average Bonchev–Trinajstić information content (AvgIpc) is 2.58. The molecule has 4 heteroatoms. The molecular weight excluding hydrogens is 156 g/mol. The molecule has 1 atom stereocenters. The van der Waals surface area contributed by atoms with Gasteiger partial charge in [-0.1, -0.05) is 0 Å². The molecule has 1 aliphatic rings. The van der Waals surface area contributed by atoms with E-state index in [1.807, 2.05) is 6.08 Å². The number of rotatable bonds is 1. The lowest BCUT2D eigenvalue weighted by Gasteiger charge is -2.08. The summed E-state index contributed by atoms with van der Waals surface area (Å²) in [5, 5.41) is 0. The molecule has 2 heterocycles. The molecule has 0 aromatic carbocycles. The highest BCUT2D eigenvalue weighted by molar-refractivity contribution is 5.10. The van der Waals surface area contributed by atoms with Crippen molar-refractivity contribution < 1.29 is 4.74 Å². The van der Waals surface area contributed by atoms with E-state index in [4.69, 9.17) is 4.74 Å². The van der Waals surface area contributed by atoms with Crippen LogP contribution in [0, 0.1) is 0 Å². The van der Waals surface area contributed by atoms with Gasteiger partial charge in [0, 0.05) is 24.4 Å². The molecule has 62 valence electrons. The van der Waals surface area contributed by atoms with Gasteiger partial charge in [0.1, 0.15) is 6.10 Å². The predicted octanol–water partition coefficient (Wildman–Crippen LogP) is 0.745. The van der Waals surface area contributed by atoms with Gasteiger partial charge in [0.15, 0.2) is 0 Å². The zero-order chi connectivity index (χ0) is 8.39. The van der Waals surface area contributed by atoms with Gasteiger partial charge >= 0.3 is 5.69 Å². The van der Waals surface area contributed by atoms with Crippen LogP contribution in [0.3, 0.4) is 0 Å². The third kappa shape index (κ3) is 1.23. The van der Waals surface area contributed by atoms with Gasteiger partial charge in [-0.2, -0.15) is 0 Å². The summed E-state index contributed by atoms with van der Waals surface area (Å²) in [5.41, 5.74) is 0.573. The number of ether oxygens (including phenoxy) is 1. The summed E-state index contributed by atoms with van der Waals surface area (Å²) >= 11 is 0. The Balaban J connectivity index is 2.23. The van der Waals surface area contributed by atoms with E-state index in [0.29, 0.717) is 0 Å². The highest BCUT2D eigenvalue weighted by Crippen LogP contribution is 2.24. The van der Waals surface area contributed by atoms with Crippen LogP contribution in [0.5, 0.6) is 0 Å². The second kappa shape index (κ2) is 2.81. The lowest BCUT2D eigenvalue weighted by molar-refractivity contribution is 0.172. The molecule has 0 saturated heterocycles. The fraction of sp³-hybridized carbons (Fsp3) is 0.250. The van der Waals surface area contributed by atoms with Gasteiger partial charge in [0.2, 0.25) is 0 Å². The van der Waals surface area contributed by atoms with Crippen molar-refractivity contribution in [3.63, 3.8) is 0 Å². The maximum atomic E-state index is 10.6. The monoisotopic (exact) mass is 164 g/mol. The summed E-state index contributed by atoms with van der Waals surface area (Å²) < 4.78 is 5.24. The van der Waals surface area contributed by atoms with E-state index in [0.717, 1.165) is 12.0 Å². The van der Waals surface area contributed by atoms with Crippen LogP contribution in [-0.2, 0) is 4.74 Å². The molecule has 1 unspecified atom stereocenters. The molecule has 12 heavy (non-hydrogen) atoms. The summed E-state index contributed by atoms with van der Waals surface area (Å²) in [5.74, 6) is 0. The highest BCUT2D eigenvalue weighted by atomic mass is 16.5. The number of aromatic nitrogens is 2. The Bertz CT molecular complexity index is 328. The normalized spacial score (nSPS) is 20.8. The molecule has 0 fully saturated rings. The molecule has 1 aromatic heterocycles. The standard InChI is InChI=1S/C8H8N2O2/c11-8-9-4-6(5-10-8)7-2-1-3-12-7/h1,3-5,7H,2H2,(H,9,10,11). The fourth-order valence-corrected chi connectivity index (χ4v) is 1.13. The number of hydrogen-bond acceptors (Lipinski definition) is 3. The summed E-state index contributed by atoms with van der Waals surface area (Å²) in [6.45, 7) is 0. The Morgan fingerprint density at radius 3 is 3.17 bits per heavy atom. The van der Waals surface area contributed by atoms with Crippen LogP contribution >= 0.6 is 0 Å². The Morgan fingerprint density at radius 1 is 1.67 bits per heavy atom. The van der Waals surface area contributed by atoms with E-state index in [9.17, 15) is 4.79 Å². The zero-order valence-electron chi connectivity index (χ0n) is 6.36. The lowest BCUT2D eigenvalue weighted by Crippen LogP contribution is -2.10. The number of hydrogen-bond donors (Lipinski definition) is 1. The zero-order valence-corrected chi connectivity index (χ0v) is 6.36. The molecule has 1 aromatic rings. The van der Waals surface area contributed by atoms with Crippen molar-refractivity contribution in [1.82, 2.24) is 9.97 Å². The second-order valence-corrected chi connectivity index (χ2v) is 2.58. The highest BCUT2D eigenvalue weighted by Gasteiger charge is 2.13. The molecule has 1 N–H and O–H groups in total. The number of aromatic amines is 1. The van der Waals surface area contributed by atoms with Gasteiger partial charge in [0.25, 0.3) is 0 Å². The van der Waals surface area contributed by atoms with Crippen LogP contribution in [0.2, 0.25) is 0 Å². The van der Waals surface area contributed by atoms with E-state index in [1.165, 1.54) is 6.20 Å². The molecule has 0 bridgehead atoms. The van der Waals surface area contributed by atoms with Gasteiger partial charge < -0.3 is 9.72 Å². The molecule has 0 radical (unpaired) electrons. The van der Waals surface area contributed by atoms with E-state index in [-0.39, 0.29) is 11.8 Å². The first-order valence-electron chi connectivity index (χ1n) is 3.71. The first-order valence-corrected chi connectivity index (χ1v) is 3.71. The van der Waals surface area contributed by atoms with Crippen molar-refractivity contribution >= 4 is 0 Å². The predicted molar refractivity (Wildman–Crippen MR) is 42.4 cm³/mol. The van der Waals surface area contributed by atoms with Crippen LogP contribution < -0.4 is 5.69 Å². The summed E-state index contributed by atoms with van der Waals surface area (Å²) in [6, 6.07) is 0. The van der Waals surface area contributed by atoms with Gasteiger partial charge in [0.05, 0.1) is 6.26 Å². The van der Waals surface area contributed by atoms with Crippen molar-refractivity contribution in [3.8, 4) is 0 Å². The van der Waals surface area contributed by atoms with E-state index in [2.05, 4.69) is 9.97 Å². The third-order valence-corrected chi connectivity index (χ3v) is 1.75. The van der Waals surface area contributed by atoms with Gasteiger partial charge in [-0.3, -0.25) is 0 Å². The minimum Gasteiger partial charge on any atom is -0.493 e. The first kappa shape index (κ1) is 7.09. The average molecular weight is 164 g/mol. The van der Waals surface area contributed by atoms with Crippen LogP contribution in [0.1, 0.15) is 18.1 Å². The summed E-state index contributed by atoms with van der Waals surface area (Å²) in [6.07, 6.45) is 7.64. The quantitative estimate of drug-likeness (QED) is 0.666. The minimum atomic E-state index is -0.329. The van der Waals surface area contributed by atoms with Gasteiger partial charge in [-0.15, -0.1) is 0 Å². The van der Waals surface area contributed by atoms with Crippen molar-refractivity contribution in [3.05, 3.63) is 40.8 Å². The summed E-state index contributed by atoms with van der Waals surface area (Å²) in [4.78, 5) is 16.7. The van der Waals surface area contributed by atoms with E-state index in [1.54, 1.807) is 12.5 Å². The van der Waals surface area contributed by atoms with Crippen LogP contribution in [0.15, 0.2) is 29.5 Å². The number of nitrogens with zero attached hydrogens (tertiary/aromatic N) is 1. The topological polar surface area (TPSA) is 55.0 Å². The Labute approximate surface area is 68.9 Å². The fourth-order valence-electron chi connectivity index (χ4n) is 1.13. The minimum absolute atomic E-state index is 0.0225. The van der Waals surface area contributed by atoms with Crippen LogP contribution in [-0.4, -0.2) is 9.97 Å². The van der Waals surface area contributed by atoms with Crippen molar-refractivity contribution in [2.45, 2.75) is 12.5 Å². The molecule has 1 aliphatic heterocycles. The van der Waals surface area contributed by atoms with Crippen molar-refractivity contribution in [2.75, 3.05) is 0 Å². The van der Waals surface area contributed by atoms with E-state index >= 15 is 0 Å². The summed E-state index contributed by atoms with van der Waals surface area (Å²) in [7, 11) is 0. The van der Waals surface area contributed by atoms with Gasteiger partial charge in [-0.05, 0) is 6.08 Å². The SMILES string of the molecule is O=c1ncc(C2CC=CO2)c[nH]1. The largest absolute Gasteiger partial charge is 0.493 e.